The van der Waals surface area contributed by atoms with Crippen LogP contribution in [0, 0.1) is 6.92 Å². The smallest absolute Gasteiger partial charge is 0.264 e. The van der Waals surface area contributed by atoms with Gasteiger partial charge in [-0.1, -0.05) is 43.3 Å². The van der Waals surface area contributed by atoms with Gasteiger partial charge in [-0.15, -0.1) is 0 Å². The van der Waals surface area contributed by atoms with E-state index in [1.807, 2.05) is 19.9 Å². The van der Waals surface area contributed by atoms with Crippen LogP contribution < -0.4 is 19.1 Å². The van der Waals surface area contributed by atoms with Crippen LogP contribution in [-0.4, -0.2) is 58.5 Å². The highest BCUT2D eigenvalue weighted by Gasteiger charge is 2.33. The molecule has 0 aliphatic rings. The molecule has 0 aromatic heterocycles. The van der Waals surface area contributed by atoms with Crippen molar-refractivity contribution in [2.75, 3.05) is 31.6 Å². The van der Waals surface area contributed by atoms with Gasteiger partial charge >= 0.3 is 0 Å². The lowest BCUT2D eigenvalue weighted by Crippen LogP contribution is -2.51. The number of carbonyl (C=O) groups is 2. The summed E-state index contributed by atoms with van der Waals surface area (Å²) in [5, 5.41) is 2.83. The molecule has 214 valence electrons. The van der Waals surface area contributed by atoms with Crippen LogP contribution in [0.2, 0.25) is 0 Å². The molecule has 0 unspecified atom stereocenters. The summed E-state index contributed by atoms with van der Waals surface area (Å²) >= 11 is 0. The fourth-order valence-electron chi connectivity index (χ4n) is 4.17. The summed E-state index contributed by atoms with van der Waals surface area (Å²) in [5.41, 5.74) is 1.75. The van der Waals surface area contributed by atoms with Gasteiger partial charge < -0.3 is 19.7 Å². The zero-order valence-electron chi connectivity index (χ0n) is 23.6. The molecule has 0 saturated carbocycles. The number of aryl methyl sites for hydroxylation is 1. The summed E-state index contributed by atoms with van der Waals surface area (Å²) in [4.78, 5) is 28.4. The van der Waals surface area contributed by atoms with E-state index in [4.69, 9.17) is 9.47 Å². The number of anilines is 1. The van der Waals surface area contributed by atoms with E-state index in [-0.39, 0.29) is 23.0 Å². The van der Waals surface area contributed by atoms with E-state index in [9.17, 15) is 18.0 Å². The predicted octanol–water partition coefficient (Wildman–Crippen LogP) is 4.15. The molecule has 0 spiro atoms. The molecule has 0 saturated heterocycles. The minimum Gasteiger partial charge on any atom is -0.497 e. The normalized spacial score (nSPS) is 11.8. The number of nitrogens with zero attached hydrogens (tertiary/aromatic N) is 2. The van der Waals surface area contributed by atoms with E-state index in [1.165, 1.54) is 24.1 Å². The van der Waals surface area contributed by atoms with Gasteiger partial charge in [0.05, 0.1) is 24.8 Å². The predicted molar refractivity (Wildman–Crippen MR) is 155 cm³/mol. The Morgan fingerprint density at radius 3 is 2.33 bits per heavy atom. The summed E-state index contributed by atoms with van der Waals surface area (Å²) in [7, 11) is -1.20. The number of benzene rings is 3. The van der Waals surface area contributed by atoms with Crippen LogP contribution in [0.25, 0.3) is 0 Å². The van der Waals surface area contributed by atoms with E-state index in [1.54, 1.807) is 68.6 Å². The first-order valence-corrected chi connectivity index (χ1v) is 14.5. The molecule has 10 heteroatoms. The van der Waals surface area contributed by atoms with Crippen molar-refractivity contribution in [3.05, 3.63) is 83.9 Å². The molecule has 3 rings (SSSR count). The van der Waals surface area contributed by atoms with E-state index < -0.39 is 28.5 Å². The summed E-state index contributed by atoms with van der Waals surface area (Å²) in [5.74, 6) is 0.0190. The molecule has 3 aromatic carbocycles. The topological polar surface area (TPSA) is 105 Å². The van der Waals surface area contributed by atoms with E-state index in [2.05, 4.69) is 5.32 Å². The highest BCUT2D eigenvalue weighted by Crippen LogP contribution is 2.33. The van der Waals surface area contributed by atoms with E-state index >= 15 is 0 Å². The van der Waals surface area contributed by atoms with Gasteiger partial charge in [0.25, 0.3) is 10.0 Å². The van der Waals surface area contributed by atoms with Crippen LogP contribution in [0.15, 0.2) is 77.7 Å². The number of hydrogen-bond donors (Lipinski definition) is 1. The average molecular weight is 568 g/mol. The molecule has 9 nitrogen and oxygen atoms in total. The van der Waals surface area contributed by atoms with Crippen molar-refractivity contribution in [2.24, 2.45) is 0 Å². The quantitative estimate of drug-likeness (QED) is 0.333. The van der Waals surface area contributed by atoms with Gasteiger partial charge in [-0.3, -0.25) is 13.9 Å². The first kappa shape index (κ1) is 30.5. The number of hydrogen-bond acceptors (Lipinski definition) is 6. The zero-order chi connectivity index (χ0) is 29.3. The second kappa shape index (κ2) is 13.8. The third-order valence-electron chi connectivity index (χ3n) is 6.42. The van der Waals surface area contributed by atoms with Crippen molar-refractivity contribution in [3.8, 4) is 11.5 Å². The molecular weight excluding hydrogens is 530 g/mol. The maximum Gasteiger partial charge on any atom is 0.264 e. The Hall–Kier alpha value is -4.05. The number of carbonyl (C=O) groups excluding carboxylic acids is 2. The van der Waals surface area contributed by atoms with E-state index in [0.717, 1.165) is 21.9 Å². The van der Waals surface area contributed by atoms with Crippen molar-refractivity contribution in [3.63, 3.8) is 0 Å². The van der Waals surface area contributed by atoms with Crippen molar-refractivity contribution >= 4 is 27.5 Å². The van der Waals surface area contributed by atoms with Gasteiger partial charge in [0.1, 0.15) is 24.1 Å². The van der Waals surface area contributed by atoms with Gasteiger partial charge in [-0.25, -0.2) is 8.42 Å². The maximum absolute atomic E-state index is 14.0. The Balaban J connectivity index is 2.08. The van der Waals surface area contributed by atoms with Gasteiger partial charge in [-0.05, 0) is 67.8 Å². The lowest BCUT2D eigenvalue weighted by Gasteiger charge is -2.32. The molecule has 0 aliphatic heterocycles. The summed E-state index contributed by atoms with van der Waals surface area (Å²) in [6.45, 7) is 5.37. The largest absolute Gasteiger partial charge is 0.497 e. The molecule has 0 radical (unpaired) electrons. The van der Waals surface area contributed by atoms with Crippen molar-refractivity contribution < 1.29 is 27.5 Å². The van der Waals surface area contributed by atoms with Crippen LogP contribution in [0.3, 0.4) is 0 Å². The Kier molecular flexibility index (Phi) is 10.6. The number of ether oxygens (including phenoxy) is 2. The Morgan fingerprint density at radius 1 is 0.950 bits per heavy atom. The Morgan fingerprint density at radius 2 is 1.68 bits per heavy atom. The molecular formula is C30H37N3O6S. The van der Waals surface area contributed by atoms with Crippen molar-refractivity contribution in [1.29, 1.82) is 0 Å². The number of sulfonamides is 1. The van der Waals surface area contributed by atoms with E-state index in [0.29, 0.717) is 18.0 Å². The molecule has 0 heterocycles. The number of amides is 2. The second-order valence-electron chi connectivity index (χ2n) is 9.34. The third-order valence-corrected chi connectivity index (χ3v) is 8.19. The lowest BCUT2D eigenvalue weighted by molar-refractivity contribution is -0.139. The standard InChI is InChI=1S/C30H37N3O6S/c1-6-17-31-30(35)23(3)32(20-24-11-10-12-25(19-24)38-4)29(34)21-33(27-18-22(2)15-16-28(27)39-5)40(36,37)26-13-8-7-9-14-26/h7-16,18-19,23H,6,17,20-21H2,1-5H3,(H,31,35)/t23-/m0/s1. The van der Waals surface area contributed by atoms with Crippen LogP contribution in [0.5, 0.6) is 11.5 Å². The van der Waals surface area contributed by atoms with Gasteiger partial charge in [0.2, 0.25) is 11.8 Å². The van der Waals surface area contributed by atoms with Crippen LogP contribution in [0.1, 0.15) is 31.4 Å². The molecule has 0 bridgehead atoms. The molecule has 0 aliphatic carbocycles. The first-order valence-electron chi connectivity index (χ1n) is 13.0. The van der Waals surface area contributed by atoms with Crippen LogP contribution in [0.4, 0.5) is 5.69 Å². The monoisotopic (exact) mass is 567 g/mol. The lowest BCUT2D eigenvalue weighted by atomic mass is 10.1. The average Bonchev–Trinajstić information content (AvgIpc) is 2.97. The highest BCUT2D eigenvalue weighted by molar-refractivity contribution is 7.92. The summed E-state index contributed by atoms with van der Waals surface area (Å²) < 4.78 is 39.8. The first-order chi connectivity index (χ1) is 19.1. The Bertz CT molecular complexity index is 1410. The zero-order valence-corrected chi connectivity index (χ0v) is 24.4. The fourth-order valence-corrected chi connectivity index (χ4v) is 5.61. The van der Waals surface area contributed by atoms with Crippen molar-refractivity contribution in [1.82, 2.24) is 10.2 Å². The van der Waals surface area contributed by atoms with Gasteiger partial charge in [-0.2, -0.15) is 0 Å². The van der Waals surface area contributed by atoms with Gasteiger partial charge in [0, 0.05) is 13.1 Å². The van der Waals surface area contributed by atoms with Gasteiger partial charge in [0.15, 0.2) is 0 Å². The molecule has 0 fully saturated rings. The number of rotatable bonds is 13. The third kappa shape index (κ3) is 7.32. The number of methoxy groups -OCH3 is 2. The van der Waals surface area contributed by atoms with Crippen LogP contribution in [-0.2, 0) is 26.2 Å². The maximum atomic E-state index is 14.0. The molecule has 1 atom stereocenters. The molecule has 1 N–H and O–H groups in total. The fraction of sp³-hybridized carbons (Fsp3) is 0.333. The minimum absolute atomic E-state index is 0.0273. The highest BCUT2D eigenvalue weighted by atomic mass is 32.2. The minimum atomic E-state index is -4.19. The Labute approximate surface area is 236 Å². The summed E-state index contributed by atoms with van der Waals surface area (Å²) in [6, 6.07) is 19.3. The molecule has 3 aromatic rings. The summed E-state index contributed by atoms with van der Waals surface area (Å²) in [6.07, 6.45) is 0.735. The SMILES string of the molecule is CCCNC(=O)[C@H](C)N(Cc1cccc(OC)c1)C(=O)CN(c1cc(C)ccc1OC)S(=O)(=O)c1ccccc1. The number of nitrogens with one attached hydrogen (secondary N) is 1. The second-order valence-corrected chi connectivity index (χ2v) is 11.2. The van der Waals surface area contributed by atoms with Crippen LogP contribution >= 0.6 is 0 Å². The molecule has 2 amide bonds. The molecule has 40 heavy (non-hydrogen) atoms. The van der Waals surface area contributed by atoms with Crippen molar-refractivity contribution in [2.45, 2.75) is 44.7 Å².